The smallest absolute Gasteiger partial charge is 0.251 e. The molecular formula is C17H20N2O2. The molecule has 0 spiro atoms. The van der Waals surface area contributed by atoms with E-state index in [2.05, 4.69) is 10.2 Å². The van der Waals surface area contributed by atoms with Crippen LogP contribution in [0.5, 0.6) is 0 Å². The number of fused-ring (bicyclic) bond motifs is 3. The average molecular weight is 284 g/mol. The van der Waals surface area contributed by atoms with E-state index in [9.17, 15) is 4.79 Å². The molecule has 4 nitrogen and oxygen atoms in total. The van der Waals surface area contributed by atoms with Gasteiger partial charge in [-0.25, -0.2) is 0 Å². The summed E-state index contributed by atoms with van der Waals surface area (Å²) in [6.07, 6.45) is 4.14. The van der Waals surface area contributed by atoms with Crippen molar-refractivity contribution in [1.29, 1.82) is 0 Å². The zero-order valence-corrected chi connectivity index (χ0v) is 12.3. The van der Waals surface area contributed by atoms with Crippen molar-refractivity contribution in [2.45, 2.75) is 25.8 Å². The predicted molar refractivity (Wildman–Crippen MR) is 81.4 cm³/mol. The Labute approximate surface area is 124 Å². The molecule has 1 amide bonds. The summed E-state index contributed by atoms with van der Waals surface area (Å²) in [6, 6.07) is 5.95. The van der Waals surface area contributed by atoms with E-state index in [4.69, 9.17) is 4.42 Å². The fraction of sp³-hybridized carbons (Fsp3) is 0.471. The molecule has 2 aliphatic rings. The molecule has 110 valence electrons. The molecule has 2 aliphatic heterocycles. The number of aryl methyl sites for hydroxylation is 1. The van der Waals surface area contributed by atoms with Crippen LogP contribution in [0.15, 0.2) is 28.9 Å². The lowest BCUT2D eigenvalue weighted by Crippen LogP contribution is -2.47. The van der Waals surface area contributed by atoms with Crippen LogP contribution in [-0.2, 0) is 0 Å². The number of nitrogens with one attached hydrogen (secondary N) is 1. The van der Waals surface area contributed by atoms with Gasteiger partial charge in [0.05, 0.1) is 6.26 Å². The highest BCUT2D eigenvalue weighted by molar-refractivity contribution is 5.98. The number of hydrogen-bond acceptors (Lipinski definition) is 3. The van der Waals surface area contributed by atoms with Crippen LogP contribution in [-0.4, -0.2) is 36.5 Å². The summed E-state index contributed by atoms with van der Waals surface area (Å²) in [5, 5.41) is 4.22. The van der Waals surface area contributed by atoms with Crippen molar-refractivity contribution in [2.24, 2.45) is 5.92 Å². The molecule has 4 rings (SSSR count). The Morgan fingerprint density at radius 1 is 1.38 bits per heavy atom. The fourth-order valence-electron chi connectivity index (χ4n) is 3.73. The van der Waals surface area contributed by atoms with Crippen molar-refractivity contribution in [3.05, 3.63) is 35.6 Å². The monoisotopic (exact) mass is 284 g/mol. The van der Waals surface area contributed by atoms with Crippen LogP contribution < -0.4 is 5.32 Å². The molecule has 3 atom stereocenters. The van der Waals surface area contributed by atoms with Gasteiger partial charge in [0.1, 0.15) is 5.58 Å². The van der Waals surface area contributed by atoms with Gasteiger partial charge in [0.25, 0.3) is 5.91 Å². The van der Waals surface area contributed by atoms with Crippen molar-refractivity contribution in [2.75, 3.05) is 19.6 Å². The Morgan fingerprint density at radius 3 is 3.14 bits per heavy atom. The normalized spacial score (nSPS) is 28.0. The Balaban J connectivity index is 1.52. The average Bonchev–Trinajstić information content (AvgIpc) is 3.02. The molecular weight excluding hydrogens is 264 g/mol. The standard InChI is InChI=1S/C17H20N2O2/c1-11-10-21-16-3-2-13(7-15(11)16)17(20)18-14-6-12-4-5-19(8-12)9-14/h2-3,7,10,12,14H,4-6,8-9H2,1H3,(H,18,20)/t12-,14+/m0/s1. The van der Waals surface area contributed by atoms with Gasteiger partial charge in [0.2, 0.25) is 0 Å². The maximum absolute atomic E-state index is 12.5. The predicted octanol–water partition coefficient (Wildman–Crippen LogP) is 2.57. The minimum absolute atomic E-state index is 0.0324. The first-order valence-electron chi connectivity index (χ1n) is 7.70. The van der Waals surface area contributed by atoms with Gasteiger partial charge in [-0.05, 0) is 56.0 Å². The molecule has 1 aromatic carbocycles. The summed E-state index contributed by atoms with van der Waals surface area (Å²) < 4.78 is 5.43. The van der Waals surface area contributed by atoms with Crippen molar-refractivity contribution in [3.63, 3.8) is 0 Å². The third-order valence-corrected chi connectivity index (χ3v) is 4.83. The zero-order valence-electron chi connectivity index (χ0n) is 12.3. The number of furan rings is 1. The van der Waals surface area contributed by atoms with E-state index < -0.39 is 0 Å². The van der Waals surface area contributed by atoms with E-state index in [0.29, 0.717) is 6.04 Å². The van der Waals surface area contributed by atoms with E-state index in [0.717, 1.165) is 41.0 Å². The maximum Gasteiger partial charge on any atom is 0.251 e. The molecule has 1 unspecified atom stereocenters. The van der Waals surface area contributed by atoms with Crippen LogP contribution in [0.2, 0.25) is 0 Å². The van der Waals surface area contributed by atoms with E-state index >= 15 is 0 Å². The first-order chi connectivity index (χ1) is 10.2. The number of amides is 1. The largest absolute Gasteiger partial charge is 0.464 e. The molecule has 3 heterocycles. The summed E-state index contributed by atoms with van der Waals surface area (Å²) >= 11 is 0. The maximum atomic E-state index is 12.5. The summed E-state index contributed by atoms with van der Waals surface area (Å²) in [5.74, 6) is 0.799. The number of carbonyl (C=O) groups is 1. The summed E-state index contributed by atoms with van der Waals surface area (Å²) in [5.41, 5.74) is 2.63. The van der Waals surface area contributed by atoms with Crippen LogP contribution in [0.25, 0.3) is 11.0 Å². The molecule has 1 N–H and O–H groups in total. The Kier molecular flexibility index (Phi) is 3.00. The number of rotatable bonds is 2. The number of nitrogens with zero attached hydrogens (tertiary/aromatic N) is 1. The third kappa shape index (κ3) is 2.33. The van der Waals surface area contributed by atoms with E-state index in [1.807, 2.05) is 25.1 Å². The lowest BCUT2D eigenvalue weighted by molar-refractivity contribution is 0.0909. The summed E-state index contributed by atoms with van der Waals surface area (Å²) in [4.78, 5) is 14.9. The van der Waals surface area contributed by atoms with Gasteiger partial charge in [-0.2, -0.15) is 0 Å². The van der Waals surface area contributed by atoms with Gasteiger partial charge in [0.15, 0.2) is 0 Å². The lowest BCUT2D eigenvalue weighted by atomic mass is 9.96. The lowest BCUT2D eigenvalue weighted by Gasteiger charge is -2.30. The quantitative estimate of drug-likeness (QED) is 0.922. The third-order valence-electron chi connectivity index (χ3n) is 4.83. The van der Waals surface area contributed by atoms with Gasteiger partial charge >= 0.3 is 0 Å². The van der Waals surface area contributed by atoms with Gasteiger partial charge in [0, 0.05) is 30.1 Å². The molecule has 0 saturated carbocycles. The molecule has 2 saturated heterocycles. The molecule has 1 aromatic heterocycles. The highest BCUT2D eigenvalue weighted by Crippen LogP contribution is 2.27. The SMILES string of the molecule is Cc1coc2ccc(C(=O)N[C@@H]3C[C@@H]4CCN(C4)C3)cc12. The number of carbonyl (C=O) groups excluding carboxylic acids is 1. The van der Waals surface area contributed by atoms with Crippen LogP contribution >= 0.6 is 0 Å². The minimum Gasteiger partial charge on any atom is -0.464 e. The topological polar surface area (TPSA) is 45.5 Å². The van der Waals surface area contributed by atoms with Crippen LogP contribution in [0, 0.1) is 12.8 Å². The molecule has 21 heavy (non-hydrogen) atoms. The number of benzene rings is 1. The van der Waals surface area contributed by atoms with Crippen molar-refractivity contribution in [1.82, 2.24) is 10.2 Å². The second kappa shape index (κ2) is 4.88. The Bertz CT molecular complexity index is 679. The summed E-state index contributed by atoms with van der Waals surface area (Å²) in [7, 11) is 0. The van der Waals surface area contributed by atoms with Crippen molar-refractivity contribution in [3.8, 4) is 0 Å². The highest BCUT2D eigenvalue weighted by atomic mass is 16.3. The van der Waals surface area contributed by atoms with Crippen molar-refractivity contribution < 1.29 is 9.21 Å². The molecule has 0 aliphatic carbocycles. The van der Waals surface area contributed by atoms with Gasteiger partial charge in [-0.15, -0.1) is 0 Å². The highest BCUT2D eigenvalue weighted by Gasteiger charge is 2.32. The number of hydrogen-bond donors (Lipinski definition) is 1. The molecule has 2 aromatic rings. The fourth-order valence-corrected chi connectivity index (χ4v) is 3.73. The van der Waals surface area contributed by atoms with Gasteiger partial charge in [-0.1, -0.05) is 0 Å². The first-order valence-corrected chi connectivity index (χ1v) is 7.70. The molecule has 0 radical (unpaired) electrons. The zero-order chi connectivity index (χ0) is 14.4. The Morgan fingerprint density at radius 2 is 2.29 bits per heavy atom. The van der Waals surface area contributed by atoms with Crippen LogP contribution in [0.3, 0.4) is 0 Å². The second-order valence-electron chi connectivity index (χ2n) is 6.45. The van der Waals surface area contributed by atoms with Gasteiger partial charge < -0.3 is 14.6 Å². The van der Waals surface area contributed by atoms with E-state index in [1.54, 1.807) is 6.26 Å². The van der Waals surface area contributed by atoms with Gasteiger partial charge in [-0.3, -0.25) is 4.79 Å². The first kappa shape index (κ1) is 12.9. The molecule has 2 fully saturated rings. The molecule has 4 heteroatoms. The number of piperidine rings is 1. The Hall–Kier alpha value is -1.81. The molecule has 2 bridgehead atoms. The van der Waals surface area contributed by atoms with E-state index in [-0.39, 0.29) is 5.91 Å². The van der Waals surface area contributed by atoms with Crippen LogP contribution in [0.4, 0.5) is 0 Å². The van der Waals surface area contributed by atoms with E-state index in [1.165, 1.54) is 19.5 Å². The second-order valence-corrected chi connectivity index (χ2v) is 6.45. The van der Waals surface area contributed by atoms with Crippen LogP contribution in [0.1, 0.15) is 28.8 Å². The van der Waals surface area contributed by atoms with Crippen molar-refractivity contribution >= 4 is 16.9 Å². The minimum atomic E-state index is 0.0324. The summed E-state index contributed by atoms with van der Waals surface area (Å²) in [6.45, 7) is 5.40.